The second-order valence-corrected chi connectivity index (χ2v) is 7.05. The van der Waals surface area contributed by atoms with Crippen LogP contribution in [0.3, 0.4) is 0 Å². The Labute approximate surface area is 159 Å². The first-order valence-corrected chi connectivity index (χ1v) is 9.33. The van der Waals surface area contributed by atoms with Crippen LogP contribution in [0, 0.1) is 0 Å². The summed E-state index contributed by atoms with van der Waals surface area (Å²) in [7, 11) is 0. The third-order valence-corrected chi connectivity index (χ3v) is 5.32. The molecule has 1 saturated heterocycles. The van der Waals surface area contributed by atoms with Crippen LogP contribution in [-0.2, 0) is 4.79 Å². The van der Waals surface area contributed by atoms with Crippen LogP contribution in [0.4, 0.5) is 5.69 Å². The summed E-state index contributed by atoms with van der Waals surface area (Å²) in [4.78, 5) is 28.7. The quantitative estimate of drug-likeness (QED) is 0.910. The normalized spacial score (nSPS) is 17.2. The average Bonchev–Trinajstić information content (AvgIpc) is 2.94. The largest absolute Gasteiger partial charge is 0.382 e. The predicted molar refractivity (Wildman–Crippen MR) is 106 cm³/mol. The van der Waals surface area contributed by atoms with Gasteiger partial charge in [0, 0.05) is 41.6 Å². The molecule has 5 heteroatoms. The lowest BCUT2D eigenvalue weighted by Gasteiger charge is -2.34. The number of para-hydroxylation sites is 1. The van der Waals surface area contributed by atoms with E-state index >= 15 is 0 Å². The molecular formula is C22H23N3O2. The number of hydrogen-bond acceptors (Lipinski definition) is 3. The predicted octanol–water partition coefficient (Wildman–Crippen LogP) is 3.22. The molecule has 0 spiro atoms. The zero-order valence-electron chi connectivity index (χ0n) is 15.2. The fraction of sp³-hybridized carbons (Fsp3) is 0.273. The number of anilines is 1. The Hall–Kier alpha value is -3.08. The van der Waals surface area contributed by atoms with Gasteiger partial charge in [-0.15, -0.1) is 0 Å². The number of rotatable bonds is 4. The highest BCUT2D eigenvalue weighted by Crippen LogP contribution is 2.31. The molecule has 1 N–H and O–H groups in total. The maximum Gasteiger partial charge on any atom is 0.259 e. The molecule has 2 aromatic rings. The molecule has 2 aliphatic rings. The van der Waals surface area contributed by atoms with E-state index in [4.69, 9.17) is 0 Å². The van der Waals surface area contributed by atoms with Gasteiger partial charge >= 0.3 is 0 Å². The second kappa shape index (κ2) is 7.27. The van der Waals surface area contributed by atoms with Gasteiger partial charge in [0.1, 0.15) is 6.54 Å². The Kier molecular flexibility index (Phi) is 4.67. The van der Waals surface area contributed by atoms with Crippen molar-refractivity contribution in [3.05, 3.63) is 72.3 Å². The summed E-state index contributed by atoms with van der Waals surface area (Å²) in [6.45, 7) is 5.47. The summed E-state index contributed by atoms with van der Waals surface area (Å²) >= 11 is 0. The van der Waals surface area contributed by atoms with Crippen LogP contribution in [0.2, 0.25) is 0 Å². The number of likely N-dealkylation sites (tertiary alicyclic amines) is 1. The van der Waals surface area contributed by atoms with Gasteiger partial charge in [0.15, 0.2) is 0 Å². The lowest BCUT2D eigenvalue weighted by Crippen LogP contribution is -2.46. The van der Waals surface area contributed by atoms with Gasteiger partial charge in [-0.25, -0.2) is 0 Å². The van der Waals surface area contributed by atoms with E-state index in [2.05, 4.69) is 24.0 Å². The fourth-order valence-electron chi connectivity index (χ4n) is 3.78. The number of nitrogens with zero attached hydrogens (tertiary/aromatic N) is 2. The van der Waals surface area contributed by atoms with Gasteiger partial charge in [-0.1, -0.05) is 43.0 Å². The second-order valence-electron chi connectivity index (χ2n) is 7.05. The van der Waals surface area contributed by atoms with E-state index in [0.29, 0.717) is 30.4 Å². The minimum Gasteiger partial charge on any atom is -0.382 e. The molecule has 0 aromatic heterocycles. The van der Waals surface area contributed by atoms with E-state index in [1.165, 1.54) is 4.90 Å². The summed E-state index contributed by atoms with van der Waals surface area (Å²) in [6, 6.07) is 17.9. The third-order valence-electron chi connectivity index (χ3n) is 5.32. The van der Waals surface area contributed by atoms with Gasteiger partial charge in [-0.2, -0.15) is 0 Å². The van der Waals surface area contributed by atoms with Crippen LogP contribution in [0.5, 0.6) is 0 Å². The number of carbonyl (C=O) groups is 2. The molecule has 0 bridgehead atoms. The van der Waals surface area contributed by atoms with Crippen LogP contribution in [0.15, 0.2) is 61.2 Å². The van der Waals surface area contributed by atoms with Crippen molar-refractivity contribution < 1.29 is 9.59 Å². The zero-order valence-corrected chi connectivity index (χ0v) is 15.2. The lowest BCUT2D eigenvalue weighted by atomic mass is 10.0. The molecular weight excluding hydrogens is 338 g/mol. The van der Waals surface area contributed by atoms with Gasteiger partial charge in [0.2, 0.25) is 5.91 Å². The highest BCUT2D eigenvalue weighted by atomic mass is 16.2. The van der Waals surface area contributed by atoms with Crippen molar-refractivity contribution in [2.75, 3.05) is 25.0 Å². The van der Waals surface area contributed by atoms with Gasteiger partial charge < -0.3 is 10.2 Å². The molecule has 5 nitrogen and oxygen atoms in total. The molecule has 1 fully saturated rings. The number of amides is 2. The Morgan fingerprint density at radius 3 is 2.30 bits per heavy atom. The molecule has 0 atom stereocenters. The maximum atomic E-state index is 12.7. The van der Waals surface area contributed by atoms with Crippen molar-refractivity contribution in [3.8, 4) is 0 Å². The van der Waals surface area contributed by atoms with Crippen molar-refractivity contribution in [3.63, 3.8) is 0 Å². The lowest BCUT2D eigenvalue weighted by molar-refractivity contribution is -0.132. The molecule has 2 aromatic carbocycles. The summed E-state index contributed by atoms with van der Waals surface area (Å²) in [5.41, 5.74) is 3.17. The standard InChI is InChI=1S/C22H23N3O2/c1-16-19-9-5-6-10-20(19)22(27)25(16)15-21(26)24-13-11-18(12-14-24)23-17-7-3-2-4-8-17/h2-10,18,23H,1,11-15H2. The first-order valence-electron chi connectivity index (χ1n) is 9.33. The molecule has 2 aliphatic heterocycles. The van der Waals surface area contributed by atoms with Crippen LogP contribution in [-0.4, -0.2) is 47.3 Å². The van der Waals surface area contributed by atoms with Crippen LogP contribution in [0.25, 0.3) is 5.70 Å². The van der Waals surface area contributed by atoms with E-state index in [1.807, 2.05) is 41.3 Å². The molecule has 138 valence electrons. The van der Waals surface area contributed by atoms with Gasteiger partial charge in [-0.05, 0) is 31.0 Å². The fourth-order valence-corrected chi connectivity index (χ4v) is 3.78. The Morgan fingerprint density at radius 1 is 1.00 bits per heavy atom. The van der Waals surface area contributed by atoms with Gasteiger partial charge in [-0.3, -0.25) is 14.5 Å². The Balaban J connectivity index is 1.33. The monoisotopic (exact) mass is 361 g/mol. The number of benzene rings is 2. The average molecular weight is 361 g/mol. The van der Waals surface area contributed by atoms with Crippen LogP contribution in [0.1, 0.15) is 28.8 Å². The van der Waals surface area contributed by atoms with Crippen molar-refractivity contribution in [2.45, 2.75) is 18.9 Å². The summed E-state index contributed by atoms with van der Waals surface area (Å²) in [6.07, 6.45) is 1.80. The molecule has 0 saturated carbocycles. The maximum absolute atomic E-state index is 12.7. The van der Waals surface area contributed by atoms with E-state index in [-0.39, 0.29) is 18.4 Å². The van der Waals surface area contributed by atoms with Crippen molar-refractivity contribution in [1.29, 1.82) is 0 Å². The van der Waals surface area contributed by atoms with E-state index in [1.54, 1.807) is 6.07 Å². The number of fused-ring (bicyclic) bond motifs is 1. The Bertz CT molecular complexity index is 835. The first kappa shape index (κ1) is 17.3. The topological polar surface area (TPSA) is 52.7 Å². The summed E-state index contributed by atoms with van der Waals surface area (Å²) in [5.74, 6) is -0.153. The molecule has 27 heavy (non-hydrogen) atoms. The Morgan fingerprint density at radius 2 is 1.63 bits per heavy atom. The van der Waals surface area contributed by atoms with Gasteiger partial charge in [0.25, 0.3) is 5.91 Å². The molecule has 0 unspecified atom stereocenters. The van der Waals surface area contributed by atoms with E-state index in [9.17, 15) is 9.59 Å². The van der Waals surface area contributed by atoms with Crippen molar-refractivity contribution >= 4 is 23.2 Å². The molecule has 2 heterocycles. The highest BCUT2D eigenvalue weighted by molar-refractivity contribution is 6.10. The van der Waals surface area contributed by atoms with Crippen molar-refractivity contribution in [2.24, 2.45) is 0 Å². The number of carbonyl (C=O) groups excluding carboxylic acids is 2. The molecule has 4 rings (SSSR count). The summed E-state index contributed by atoms with van der Waals surface area (Å²) in [5, 5.41) is 3.52. The molecule has 0 aliphatic carbocycles. The van der Waals surface area contributed by atoms with E-state index < -0.39 is 0 Å². The minimum atomic E-state index is -0.135. The molecule has 2 amide bonds. The smallest absolute Gasteiger partial charge is 0.259 e. The SMILES string of the molecule is C=C1c2ccccc2C(=O)N1CC(=O)N1CCC(Nc2ccccc2)CC1. The minimum absolute atomic E-state index is 0.0181. The third kappa shape index (κ3) is 3.45. The van der Waals surface area contributed by atoms with E-state index in [0.717, 1.165) is 24.1 Å². The number of nitrogens with one attached hydrogen (secondary N) is 1. The molecule has 0 radical (unpaired) electrons. The zero-order chi connectivity index (χ0) is 18.8. The van der Waals surface area contributed by atoms with Crippen LogP contribution >= 0.6 is 0 Å². The van der Waals surface area contributed by atoms with Gasteiger partial charge in [0.05, 0.1) is 0 Å². The first-order chi connectivity index (χ1) is 13.1. The summed E-state index contributed by atoms with van der Waals surface area (Å²) < 4.78 is 0. The van der Waals surface area contributed by atoms with Crippen molar-refractivity contribution in [1.82, 2.24) is 9.80 Å². The highest BCUT2D eigenvalue weighted by Gasteiger charge is 2.33. The van der Waals surface area contributed by atoms with Crippen LogP contribution < -0.4 is 5.32 Å². The number of piperidine rings is 1. The number of hydrogen-bond donors (Lipinski definition) is 1.